The molecule has 1 saturated heterocycles. The van der Waals surface area contributed by atoms with Gasteiger partial charge >= 0.3 is 0 Å². The molecule has 3 rings (SSSR count). The second-order valence-electron chi connectivity index (χ2n) is 8.50. The third-order valence-electron chi connectivity index (χ3n) is 6.26. The van der Waals surface area contributed by atoms with Gasteiger partial charge in [0.2, 0.25) is 0 Å². The summed E-state index contributed by atoms with van der Waals surface area (Å²) in [6.07, 6.45) is 7.65. The standard InChI is InChI=1S/C23H38FN5/c1-3-25-23(26-14-17-28(2)22-6-4-5-7-22)27-21-12-15-29(16-13-21)18-19-8-10-20(24)11-9-19/h8-11,21-22H,3-7,12-18H2,1-2H3,(H2,25,26,27). The van der Waals surface area contributed by atoms with E-state index in [-0.39, 0.29) is 5.82 Å². The average molecular weight is 404 g/mol. The first-order chi connectivity index (χ1) is 14.1. The Labute approximate surface area is 175 Å². The van der Waals surface area contributed by atoms with Crippen LogP contribution in [0.5, 0.6) is 0 Å². The summed E-state index contributed by atoms with van der Waals surface area (Å²) in [6.45, 7) is 7.87. The van der Waals surface area contributed by atoms with Gasteiger partial charge in [-0.1, -0.05) is 25.0 Å². The highest BCUT2D eigenvalue weighted by atomic mass is 19.1. The van der Waals surface area contributed by atoms with Crippen molar-refractivity contribution in [1.82, 2.24) is 20.4 Å². The minimum Gasteiger partial charge on any atom is -0.357 e. The molecule has 1 heterocycles. The molecular formula is C23H38FN5. The minimum atomic E-state index is -0.165. The molecule has 6 heteroatoms. The van der Waals surface area contributed by atoms with Crippen molar-refractivity contribution in [2.24, 2.45) is 4.99 Å². The minimum absolute atomic E-state index is 0.165. The van der Waals surface area contributed by atoms with Gasteiger partial charge in [-0.3, -0.25) is 9.89 Å². The van der Waals surface area contributed by atoms with E-state index >= 15 is 0 Å². The van der Waals surface area contributed by atoms with Crippen LogP contribution in [-0.4, -0.2) is 67.6 Å². The van der Waals surface area contributed by atoms with Gasteiger partial charge < -0.3 is 15.5 Å². The summed E-state index contributed by atoms with van der Waals surface area (Å²) in [4.78, 5) is 9.75. The molecule has 0 atom stereocenters. The number of likely N-dealkylation sites (tertiary alicyclic amines) is 1. The predicted octanol–water partition coefficient (Wildman–Crippen LogP) is 3.22. The van der Waals surface area contributed by atoms with Gasteiger partial charge in [-0.15, -0.1) is 0 Å². The summed E-state index contributed by atoms with van der Waals surface area (Å²) in [5.41, 5.74) is 1.18. The number of piperidine rings is 1. The SMILES string of the molecule is CCNC(=NCCN(C)C1CCCC1)NC1CCN(Cc2ccc(F)cc2)CC1. The number of nitrogens with one attached hydrogen (secondary N) is 2. The fourth-order valence-corrected chi connectivity index (χ4v) is 4.44. The normalized spacial score (nSPS) is 19.8. The summed E-state index contributed by atoms with van der Waals surface area (Å²) >= 11 is 0. The molecule has 0 spiro atoms. The van der Waals surface area contributed by atoms with E-state index in [4.69, 9.17) is 4.99 Å². The van der Waals surface area contributed by atoms with Gasteiger partial charge in [-0.05, 0) is 57.4 Å². The zero-order valence-electron chi connectivity index (χ0n) is 18.2. The molecule has 1 saturated carbocycles. The van der Waals surface area contributed by atoms with Crippen molar-refractivity contribution in [2.45, 2.75) is 64.1 Å². The van der Waals surface area contributed by atoms with E-state index in [1.165, 1.54) is 31.2 Å². The van der Waals surface area contributed by atoms with Gasteiger partial charge in [0.15, 0.2) is 5.96 Å². The van der Waals surface area contributed by atoms with Crippen molar-refractivity contribution in [1.29, 1.82) is 0 Å². The highest BCUT2D eigenvalue weighted by Crippen LogP contribution is 2.22. The molecule has 0 bridgehead atoms. The number of halogens is 1. The largest absolute Gasteiger partial charge is 0.357 e. The maximum Gasteiger partial charge on any atom is 0.191 e. The molecule has 1 aromatic rings. The lowest BCUT2D eigenvalue weighted by atomic mass is 10.0. The third kappa shape index (κ3) is 7.27. The van der Waals surface area contributed by atoms with Crippen LogP contribution in [0.2, 0.25) is 0 Å². The number of guanidine groups is 1. The molecule has 0 aromatic heterocycles. The summed E-state index contributed by atoms with van der Waals surface area (Å²) < 4.78 is 13.1. The number of likely N-dealkylation sites (N-methyl/N-ethyl adjacent to an activating group) is 1. The Bertz CT molecular complexity index is 619. The van der Waals surface area contributed by atoms with E-state index in [1.807, 2.05) is 12.1 Å². The van der Waals surface area contributed by atoms with Crippen LogP contribution in [0.25, 0.3) is 0 Å². The third-order valence-corrected chi connectivity index (χ3v) is 6.26. The Kier molecular flexibility index (Phi) is 8.74. The highest BCUT2D eigenvalue weighted by Gasteiger charge is 2.21. The van der Waals surface area contributed by atoms with Crippen molar-refractivity contribution < 1.29 is 4.39 Å². The Morgan fingerprint density at radius 3 is 2.48 bits per heavy atom. The van der Waals surface area contributed by atoms with Crippen LogP contribution in [0.15, 0.2) is 29.3 Å². The topological polar surface area (TPSA) is 42.9 Å². The van der Waals surface area contributed by atoms with Gasteiger partial charge in [0, 0.05) is 44.8 Å². The first kappa shape index (κ1) is 22.0. The molecule has 1 aliphatic heterocycles. The number of rotatable bonds is 8. The molecule has 2 aliphatic rings. The Hall–Kier alpha value is -1.66. The van der Waals surface area contributed by atoms with Gasteiger partial charge in [0.1, 0.15) is 5.82 Å². The zero-order chi connectivity index (χ0) is 20.5. The average Bonchev–Trinajstić information content (AvgIpc) is 3.26. The van der Waals surface area contributed by atoms with Gasteiger partial charge in [-0.2, -0.15) is 0 Å². The molecule has 1 aliphatic carbocycles. The molecular weight excluding hydrogens is 365 g/mol. The fourth-order valence-electron chi connectivity index (χ4n) is 4.44. The van der Waals surface area contributed by atoms with Gasteiger partial charge in [0.25, 0.3) is 0 Å². The second kappa shape index (κ2) is 11.5. The number of aliphatic imine (C=N–C) groups is 1. The van der Waals surface area contributed by atoms with E-state index in [1.54, 1.807) is 12.1 Å². The maximum atomic E-state index is 13.1. The van der Waals surface area contributed by atoms with Crippen LogP contribution in [0.1, 0.15) is 51.0 Å². The van der Waals surface area contributed by atoms with E-state index in [2.05, 4.69) is 34.4 Å². The van der Waals surface area contributed by atoms with Gasteiger partial charge in [-0.25, -0.2) is 4.39 Å². The summed E-state index contributed by atoms with van der Waals surface area (Å²) in [5.74, 6) is 0.783. The first-order valence-electron chi connectivity index (χ1n) is 11.4. The zero-order valence-corrected chi connectivity index (χ0v) is 18.2. The van der Waals surface area contributed by atoms with Crippen molar-refractivity contribution in [2.75, 3.05) is 39.8 Å². The van der Waals surface area contributed by atoms with Crippen LogP contribution >= 0.6 is 0 Å². The molecule has 2 fully saturated rings. The molecule has 0 unspecified atom stereocenters. The van der Waals surface area contributed by atoms with E-state index in [0.29, 0.717) is 6.04 Å². The molecule has 1 aromatic carbocycles. The number of hydrogen-bond acceptors (Lipinski definition) is 3. The van der Waals surface area contributed by atoms with E-state index in [9.17, 15) is 4.39 Å². The number of nitrogens with zero attached hydrogens (tertiary/aromatic N) is 3. The van der Waals surface area contributed by atoms with Crippen molar-refractivity contribution in [3.63, 3.8) is 0 Å². The molecule has 0 amide bonds. The Balaban J connectivity index is 1.40. The van der Waals surface area contributed by atoms with Crippen LogP contribution < -0.4 is 10.6 Å². The van der Waals surface area contributed by atoms with Crippen molar-refractivity contribution in [3.8, 4) is 0 Å². The monoisotopic (exact) mass is 403 g/mol. The van der Waals surface area contributed by atoms with Crippen LogP contribution in [0.4, 0.5) is 4.39 Å². The maximum absolute atomic E-state index is 13.1. The second-order valence-corrected chi connectivity index (χ2v) is 8.50. The molecule has 2 N–H and O–H groups in total. The summed E-state index contributed by atoms with van der Waals surface area (Å²) in [6, 6.07) is 8.09. The van der Waals surface area contributed by atoms with E-state index in [0.717, 1.165) is 64.1 Å². The summed E-state index contributed by atoms with van der Waals surface area (Å²) in [7, 11) is 2.24. The summed E-state index contributed by atoms with van der Waals surface area (Å²) in [5, 5.41) is 7.04. The number of benzene rings is 1. The molecule has 162 valence electrons. The lowest BCUT2D eigenvalue weighted by Crippen LogP contribution is -2.48. The van der Waals surface area contributed by atoms with Crippen LogP contribution in [0.3, 0.4) is 0 Å². The van der Waals surface area contributed by atoms with Crippen LogP contribution in [0, 0.1) is 5.82 Å². The highest BCUT2D eigenvalue weighted by molar-refractivity contribution is 5.80. The predicted molar refractivity (Wildman–Crippen MR) is 119 cm³/mol. The lowest BCUT2D eigenvalue weighted by molar-refractivity contribution is 0.198. The Morgan fingerprint density at radius 1 is 1.14 bits per heavy atom. The van der Waals surface area contributed by atoms with Gasteiger partial charge in [0.05, 0.1) is 6.54 Å². The lowest BCUT2D eigenvalue weighted by Gasteiger charge is -2.33. The fraction of sp³-hybridized carbons (Fsp3) is 0.696. The van der Waals surface area contributed by atoms with Crippen molar-refractivity contribution in [3.05, 3.63) is 35.6 Å². The Morgan fingerprint density at radius 2 is 1.83 bits per heavy atom. The van der Waals surface area contributed by atoms with Crippen molar-refractivity contribution >= 4 is 5.96 Å². The molecule has 0 radical (unpaired) electrons. The molecule has 29 heavy (non-hydrogen) atoms. The van der Waals surface area contributed by atoms with E-state index < -0.39 is 0 Å². The van der Waals surface area contributed by atoms with Crippen LogP contribution in [-0.2, 0) is 6.54 Å². The quantitative estimate of drug-likeness (QED) is 0.517. The molecule has 5 nitrogen and oxygen atoms in total. The smallest absolute Gasteiger partial charge is 0.191 e. The number of hydrogen-bond donors (Lipinski definition) is 2. The first-order valence-corrected chi connectivity index (χ1v) is 11.4.